The average Bonchev–Trinajstić information content (AvgIpc) is 2.28. The molecule has 0 unspecified atom stereocenters. The monoisotopic (exact) mass is 216 g/mol. The zero-order valence-electron chi connectivity index (χ0n) is 10.4. The topological polar surface area (TPSA) is 17.1 Å². The zero-order chi connectivity index (χ0) is 12.0. The van der Waals surface area contributed by atoms with Gasteiger partial charge in [0.15, 0.2) is 5.78 Å². The van der Waals surface area contributed by atoms with Gasteiger partial charge in [0.25, 0.3) is 0 Å². The molecule has 0 amide bonds. The smallest absolute Gasteiger partial charge is 0.155 e. The molecule has 0 aliphatic heterocycles. The van der Waals surface area contributed by atoms with E-state index in [0.717, 1.165) is 12.0 Å². The Morgan fingerprint density at radius 2 is 2.06 bits per heavy atom. The highest BCUT2D eigenvalue weighted by molar-refractivity contribution is 5.93. The highest BCUT2D eigenvalue weighted by Crippen LogP contribution is 2.14. The van der Waals surface area contributed by atoms with Crippen LogP contribution in [0.4, 0.5) is 0 Å². The van der Waals surface area contributed by atoms with Crippen molar-refractivity contribution in [2.75, 3.05) is 0 Å². The summed E-state index contributed by atoms with van der Waals surface area (Å²) in [5.41, 5.74) is 3.76. The second kappa shape index (κ2) is 6.26. The van der Waals surface area contributed by atoms with Crippen molar-refractivity contribution >= 4 is 11.9 Å². The molecule has 0 heterocycles. The fourth-order valence-electron chi connectivity index (χ4n) is 1.67. The largest absolute Gasteiger partial charge is 0.295 e. The third kappa shape index (κ3) is 3.65. The maximum atomic E-state index is 11.2. The molecule has 0 fully saturated rings. The Hall–Kier alpha value is -1.37. The Balaban J connectivity index is 2.82. The summed E-state index contributed by atoms with van der Waals surface area (Å²) in [6, 6.07) is 6.45. The summed E-state index contributed by atoms with van der Waals surface area (Å²) >= 11 is 0. The first-order valence-electron chi connectivity index (χ1n) is 5.97. The molecular formula is C15H20O. The Kier molecular flexibility index (Phi) is 4.97. The first kappa shape index (κ1) is 12.7. The van der Waals surface area contributed by atoms with Gasteiger partial charge in [-0.3, -0.25) is 4.79 Å². The fraction of sp³-hybridized carbons (Fsp3) is 0.400. The van der Waals surface area contributed by atoms with E-state index in [1.54, 1.807) is 6.08 Å². The molecule has 0 spiro atoms. The van der Waals surface area contributed by atoms with Crippen molar-refractivity contribution in [3.05, 3.63) is 41.0 Å². The minimum absolute atomic E-state index is 0.178. The minimum Gasteiger partial charge on any atom is -0.295 e. The second-order valence-corrected chi connectivity index (χ2v) is 4.09. The second-order valence-electron chi connectivity index (χ2n) is 4.09. The summed E-state index contributed by atoms with van der Waals surface area (Å²) in [5.74, 6) is 0.178. The first-order valence-corrected chi connectivity index (χ1v) is 5.97. The van der Waals surface area contributed by atoms with Crippen molar-refractivity contribution in [1.29, 1.82) is 0 Å². The molecule has 86 valence electrons. The standard InChI is InChI=1S/C15H20O/c1-4-6-13-7-8-14(12(3)11-13)9-10-15(16)5-2/h7-11H,4-6H2,1-3H3/b10-9+. The summed E-state index contributed by atoms with van der Waals surface area (Å²) in [6.07, 6.45) is 6.45. The molecule has 1 aromatic rings. The van der Waals surface area contributed by atoms with Gasteiger partial charge in [-0.15, -0.1) is 0 Å². The highest BCUT2D eigenvalue weighted by Gasteiger charge is 1.98. The van der Waals surface area contributed by atoms with Crippen LogP contribution in [0.3, 0.4) is 0 Å². The maximum absolute atomic E-state index is 11.2. The van der Waals surface area contributed by atoms with Crippen LogP contribution in [0.25, 0.3) is 6.08 Å². The summed E-state index contributed by atoms with van der Waals surface area (Å²) in [7, 11) is 0. The van der Waals surface area contributed by atoms with Crippen LogP contribution in [-0.4, -0.2) is 5.78 Å². The first-order chi connectivity index (χ1) is 7.67. The van der Waals surface area contributed by atoms with E-state index in [1.165, 1.54) is 17.5 Å². The van der Waals surface area contributed by atoms with Crippen molar-refractivity contribution in [3.8, 4) is 0 Å². The van der Waals surface area contributed by atoms with Crippen LogP contribution in [0.1, 0.15) is 43.4 Å². The third-order valence-corrected chi connectivity index (χ3v) is 2.67. The maximum Gasteiger partial charge on any atom is 0.155 e. The number of rotatable bonds is 5. The van der Waals surface area contributed by atoms with Gasteiger partial charge >= 0.3 is 0 Å². The predicted octanol–water partition coefficient (Wildman–Crippen LogP) is 3.94. The van der Waals surface area contributed by atoms with E-state index in [2.05, 4.69) is 32.0 Å². The molecule has 0 bridgehead atoms. The lowest BCUT2D eigenvalue weighted by molar-refractivity contribution is -0.114. The van der Waals surface area contributed by atoms with E-state index >= 15 is 0 Å². The average molecular weight is 216 g/mol. The molecule has 0 aromatic heterocycles. The van der Waals surface area contributed by atoms with Gasteiger partial charge in [-0.05, 0) is 36.1 Å². The van der Waals surface area contributed by atoms with E-state index in [9.17, 15) is 4.79 Å². The lowest BCUT2D eigenvalue weighted by atomic mass is 10.0. The predicted molar refractivity (Wildman–Crippen MR) is 69.5 cm³/mol. The number of benzene rings is 1. The van der Waals surface area contributed by atoms with Gasteiger partial charge in [0.1, 0.15) is 0 Å². The summed E-state index contributed by atoms with van der Waals surface area (Å²) in [6.45, 7) is 6.15. The molecule has 0 N–H and O–H groups in total. The minimum atomic E-state index is 0.178. The van der Waals surface area contributed by atoms with E-state index in [-0.39, 0.29) is 5.78 Å². The van der Waals surface area contributed by atoms with Crippen LogP contribution in [0.5, 0.6) is 0 Å². The van der Waals surface area contributed by atoms with Gasteiger partial charge in [0.2, 0.25) is 0 Å². The molecule has 0 saturated carbocycles. The molecule has 0 aliphatic carbocycles. The SMILES string of the molecule is CCCc1ccc(/C=C/C(=O)CC)c(C)c1. The van der Waals surface area contributed by atoms with Crippen molar-refractivity contribution in [2.24, 2.45) is 0 Å². The molecule has 0 atom stereocenters. The van der Waals surface area contributed by atoms with Crippen molar-refractivity contribution < 1.29 is 4.79 Å². The van der Waals surface area contributed by atoms with Crippen LogP contribution >= 0.6 is 0 Å². The number of ketones is 1. The van der Waals surface area contributed by atoms with Crippen molar-refractivity contribution in [2.45, 2.75) is 40.0 Å². The van der Waals surface area contributed by atoms with Crippen LogP contribution in [0, 0.1) is 6.92 Å². The quantitative estimate of drug-likeness (QED) is 0.681. The molecule has 0 aliphatic rings. The van der Waals surface area contributed by atoms with E-state index in [1.807, 2.05) is 13.0 Å². The summed E-state index contributed by atoms with van der Waals surface area (Å²) in [4.78, 5) is 11.2. The molecule has 1 aromatic carbocycles. The normalized spacial score (nSPS) is 10.9. The molecule has 1 nitrogen and oxygen atoms in total. The number of hydrogen-bond donors (Lipinski definition) is 0. The Morgan fingerprint density at radius 1 is 1.31 bits per heavy atom. The van der Waals surface area contributed by atoms with Gasteiger partial charge in [-0.25, -0.2) is 0 Å². The molecule has 0 radical (unpaired) electrons. The number of carbonyl (C=O) groups excluding carboxylic acids is 1. The van der Waals surface area contributed by atoms with Crippen LogP contribution < -0.4 is 0 Å². The molecule has 1 rings (SSSR count). The van der Waals surface area contributed by atoms with E-state index in [0.29, 0.717) is 6.42 Å². The van der Waals surface area contributed by atoms with Crippen LogP contribution in [0.2, 0.25) is 0 Å². The number of carbonyl (C=O) groups is 1. The highest BCUT2D eigenvalue weighted by atomic mass is 16.1. The van der Waals surface area contributed by atoms with Gasteiger partial charge < -0.3 is 0 Å². The Morgan fingerprint density at radius 3 is 2.62 bits per heavy atom. The molecule has 1 heteroatoms. The van der Waals surface area contributed by atoms with Crippen molar-refractivity contribution in [3.63, 3.8) is 0 Å². The van der Waals surface area contributed by atoms with Crippen LogP contribution in [-0.2, 0) is 11.2 Å². The third-order valence-electron chi connectivity index (χ3n) is 2.67. The van der Waals surface area contributed by atoms with Gasteiger partial charge in [-0.2, -0.15) is 0 Å². The number of allylic oxidation sites excluding steroid dienone is 1. The fourth-order valence-corrected chi connectivity index (χ4v) is 1.67. The Bertz CT molecular complexity index is 388. The molecular weight excluding hydrogens is 196 g/mol. The molecule has 0 saturated heterocycles. The van der Waals surface area contributed by atoms with E-state index < -0.39 is 0 Å². The summed E-state index contributed by atoms with van der Waals surface area (Å²) < 4.78 is 0. The number of aryl methyl sites for hydroxylation is 2. The van der Waals surface area contributed by atoms with Gasteiger partial charge in [-0.1, -0.05) is 44.5 Å². The zero-order valence-corrected chi connectivity index (χ0v) is 10.4. The molecule has 16 heavy (non-hydrogen) atoms. The van der Waals surface area contributed by atoms with Gasteiger partial charge in [0, 0.05) is 6.42 Å². The lowest BCUT2D eigenvalue weighted by Gasteiger charge is -2.04. The lowest BCUT2D eigenvalue weighted by Crippen LogP contribution is -1.90. The van der Waals surface area contributed by atoms with Gasteiger partial charge in [0.05, 0.1) is 0 Å². The van der Waals surface area contributed by atoms with E-state index in [4.69, 9.17) is 0 Å². The summed E-state index contributed by atoms with van der Waals surface area (Å²) in [5, 5.41) is 0. The number of hydrogen-bond acceptors (Lipinski definition) is 1. The van der Waals surface area contributed by atoms with Crippen molar-refractivity contribution in [1.82, 2.24) is 0 Å². The van der Waals surface area contributed by atoms with Crippen LogP contribution in [0.15, 0.2) is 24.3 Å². The Labute approximate surface area is 98.2 Å².